The Morgan fingerprint density at radius 2 is 2.50 bits per heavy atom. The lowest BCUT2D eigenvalue weighted by Gasteiger charge is -2.04. The van der Waals surface area contributed by atoms with Crippen molar-refractivity contribution >= 4 is 34.2 Å². The van der Waals surface area contributed by atoms with Gasteiger partial charge in [-0.05, 0) is 18.4 Å². The van der Waals surface area contributed by atoms with E-state index in [1.807, 2.05) is 6.26 Å². The Kier molecular flexibility index (Phi) is 4.23. The van der Waals surface area contributed by atoms with E-state index >= 15 is 0 Å². The SMILES string of the molecule is CS/C(=N\C#N)Nc1ccc(Cl)nc1. The largest absolute Gasteiger partial charge is 0.333 e. The van der Waals surface area contributed by atoms with Gasteiger partial charge in [0.2, 0.25) is 6.19 Å². The van der Waals surface area contributed by atoms with Crippen LogP contribution in [0.15, 0.2) is 23.3 Å². The molecule has 1 aromatic heterocycles. The lowest BCUT2D eigenvalue weighted by Crippen LogP contribution is -2.06. The molecule has 0 aliphatic rings. The van der Waals surface area contributed by atoms with Gasteiger partial charge in [-0.2, -0.15) is 5.26 Å². The highest BCUT2D eigenvalue weighted by atomic mass is 35.5. The molecule has 0 unspecified atom stereocenters. The minimum Gasteiger partial charge on any atom is -0.333 e. The monoisotopic (exact) mass is 226 g/mol. The van der Waals surface area contributed by atoms with E-state index in [-0.39, 0.29) is 0 Å². The number of aromatic nitrogens is 1. The van der Waals surface area contributed by atoms with Crippen LogP contribution in [0.3, 0.4) is 0 Å². The van der Waals surface area contributed by atoms with Crippen LogP contribution in [-0.2, 0) is 0 Å². The third-order valence-electron chi connectivity index (χ3n) is 1.32. The second kappa shape index (κ2) is 5.47. The van der Waals surface area contributed by atoms with Gasteiger partial charge in [-0.1, -0.05) is 23.4 Å². The van der Waals surface area contributed by atoms with E-state index in [0.29, 0.717) is 10.3 Å². The number of halogens is 1. The van der Waals surface area contributed by atoms with E-state index in [4.69, 9.17) is 16.9 Å². The first kappa shape index (κ1) is 10.8. The summed E-state index contributed by atoms with van der Waals surface area (Å²) in [5.41, 5.74) is 0.748. The fourth-order valence-corrected chi connectivity index (χ4v) is 1.21. The number of nitrogens with zero attached hydrogens (tertiary/aromatic N) is 3. The van der Waals surface area contributed by atoms with Gasteiger partial charge >= 0.3 is 0 Å². The summed E-state index contributed by atoms with van der Waals surface area (Å²) >= 11 is 6.97. The first-order chi connectivity index (χ1) is 6.76. The van der Waals surface area contributed by atoms with Crippen LogP contribution < -0.4 is 5.32 Å². The van der Waals surface area contributed by atoms with Crippen molar-refractivity contribution in [2.75, 3.05) is 11.6 Å². The van der Waals surface area contributed by atoms with Gasteiger partial charge in [0.05, 0.1) is 11.9 Å². The Balaban J connectivity index is 2.74. The van der Waals surface area contributed by atoms with Crippen molar-refractivity contribution in [3.63, 3.8) is 0 Å². The molecule has 1 N–H and O–H groups in total. The summed E-state index contributed by atoms with van der Waals surface area (Å²) in [6.07, 6.45) is 5.11. The van der Waals surface area contributed by atoms with Crippen molar-refractivity contribution in [2.24, 2.45) is 4.99 Å². The number of nitriles is 1. The predicted molar refractivity (Wildman–Crippen MR) is 59.4 cm³/mol. The van der Waals surface area contributed by atoms with Crippen LogP contribution in [0.25, 0.3) is 0 Å². The second-order valence-electron chi connectivity index (χ2n) is 2.22. The third-order valence-corrected chi connectivity index (χ3v) is 2.13. The molecule has 0 atom stereocenters. The van der Waals surface area contributed by atoms with E-state index in [1.54, 1.807) is 24.5 Å². The summed E-state index contributed by atoms with van der Waals surface area (Å²) in [5, 5.41) is 12.2. The molecule has 0 amide bonds. The highest BCUT2D eigenvalue weighted by Crippen LogP contribution is 2.11. The minimum atomic E-state index is 0.429. The Labute approximate surface area is 91.0 Å². The first-order valence-corrected chi connectivity index (χ1v) is 5.26. The lowest BCUT2D eigenvalue weighted by atomic mass is 10.4. The number of amidine groups is 1. The number of aliphatic imine (C=N–C) groups is 1. The van der Waals surface area contributed by atoms with E-state index in [0.717, 1.165) is 5.69 Å². The Morgan fingerprint density at radius 1 is 1.71 bits per heavy atom. The van der Waals surface area contributed by atoms with Gasteiger partial charge in [-0.15, -0.1) is 4.99 Å². The van der Waals surface area contributed by atoms with Crippen molar-refractivity contribution in [1.82, 2.24) is 4.98 Å². The van der Waals surface area contributed by atoms with Crippen LogP contribution in [0.2, 0.25) is 5.15 Å². The molecule has 1 aromatic rings. The highest BCUT2D eigenvalue weighted by molar-refractivity contribution is 8.13. The zero-order valence-corrected chi connectivity index (χ0v) is 8.93. The Bertz CT molecular complexity index is 368. The Morgan fingerprint density at radius 3 is 3.00 bits per heavy atom. The number of thioether (sulfide) groups is 1. The van der Waals surface area contributed by atoms with Crippen molar-refractivity contribution in [3.05, 3.63) is 23.5 Å². The van der Waals surface area contributed by atoms with Crippen LogP contribution in [0.1, 0.15) is 0 Å². The molecular weight excluding hydrogens is 220 g/mol. The van der Waals surface area contributed by atoms with Gasteiger partial charge in [0.25, 0.3) is 0 Å². The maximum atomic E-state index is 8.36. The molecular formula is C8H7ClN4S. The molecule has 72 valence electrons. The highest BCUT2D eigenvalue weighted by Gasteiger charge is 1.98. The summed E-state index contributed by atoms with van der Waals surface area (Å²) in [5.74, 6) is 0. The van der Waals surface area contributed by atoms with E-state index in [2.05, 4.69) is 15.3 Å². The standard InChI is InChI=1S/C8H7ClN4S/c1-14-8(12-5-10)13-6-2-3-7(9)11-4-6/h2-4H,1H3,(H,12,13). The van der Waals surface area contributed by atoms with Crippen LogP contribution in [0, 0.1) is 11.5 Å². The molecule has 0 spiro atoms. The molecule has 0 saturated heterocycles. The molecule has 0 aliphatic carbocycles. The lowest BCUT2D eigenvalue weighted by molar-refractivity contribution is 1.33. The maximum Gasteiger partial charge on any atom is 0.208 e. The van der Waals surface area contributed by atoms with Crippen LogP contribution in [0.5, 0.6) is 0 Å². The molecule has 0 bridgehead atoms. The topological polar surface area (TPSA) is 61.1 Å². The number of nitrogens with one attached hydrogen (secondary N) is 1. The smallest absolute Gasteiger partial charge is 0.208 e. The summed E-state index contributed by atoms with van der Waals surface area (Å²) in [6, 6.07) is 3.42. The van der Waals surface area contributed by atoms with Gasteiger partial charge in [-0.3, -0.25) is 0 Å². The summed E-state index contributed by atoms with van der Waals surface area (Å²) in [4.78, 5) is 7.46. The minimum absolute atomic E-state index is 0.429. The van der Waals surface area contributed by atoms with Crippen LogP contribution in [0.4, 0.5) is 5.69 Å². The van der Waals surface area contributed by atoms with Crippen molar-refractivity contribution in [1.29, 1.82) is 5.26 Å². The van der Waals surface area contributed by atoms with Crippen LogP contribution >= 0.6 is 23.4 Å². The predicted octanol–water partition coefficient (Wildman–Crippen LogP) is 2.35. The molecule has 1 rings (SSSR count). The fraction of sp³-hybridized carbons (Fsp3) is 0.125. The normalized spacial score (nSPS) is 10.8. The van der Waals surface area contributed by atoms with Crippen molar-refractivity contribution in [3.8, 4) is 6.19 Å². The molecule has 6 heteroatoms. The molecule has 0 saturated carbocycles. The van der Waals surface area contributed by atoms with Gasteiger partial charge in [0.15, 0.2) is 5.17 Å². The third kappa shape index (κ3) is 3.24. The fourth-order valence-electron chi connectivity index (χ4n) is 0.743. The molecule has 4 nitrogen and oxygen atoms in total. The zero-order valence-electron chi connectivity index (χ0n) is 7.36. The van der Waals surface area contributed by atoms with E-state index in [1.165, 1.54) is 11.8 Å². The van der Waals surface area contributed by atoms with Gasteiger partial charge in [0, 0.05) is 0 Å². The molecule has 0 fully saturated rings. The molecule has 0 aliphatic heterocycles. The average molecular weight is 227 g/mol. The summed E-state index contributed by atoms with van der Waals surface area (Å²) in [6.45, 7) is 0. The maximum absolute atomic E-state index is 8.36. The summed E-state index contributed by atoms with van der Waals surface area (Å²) in [7, 11) is 0. The number of pyridine rings is 1. The molecule has 0 aromatic carbocycles. The van der Waals surface area contributed by atoms with E-state index < -0.39 is 0 Å². The number of rotatable bonds is 1. The molecule has 0 radical (unpaired) electrons. The van der Waals surface area contributed by atoms with Gasteiger partial charge in [0.1, 0.15) is 5.15 Å². The van der Waals surface area contributed by atoms with E-state index in [9.17, 15) is 0 Å². The average Bonchev–Trinajstić information content (AvgIpc) is 2.20. The van der Waals surface area contributed by atoms with Gasteiger partial charge < -0.3 is 5.32 Å². The van der Waals surface area contributed by atoms with Crippen LogP contribution in [-0.4, -0.2) is 16.4 Å². The number of hydrogen-bond acceptors (Lipinski definition) is 4. The van der Waals surface area contributed by atoms with Crippen molar-refractivity contribution < 1.29 is 0 Å². The number of anilines is 1. The van der Waals surface area contributed by atoms with Gasteiger partial charge in [-0.25, -0.2) is 4.98 Å². The summed E-state index contributed by atoms with van der Waals surface area (Å²) < 4.78 is 0. The first-order valence-electron chi connectivity index (χ1n) is 3.65. The Hall–Kier alpha value is -1.25. The second-order valence-corrected chi connectivity index (χ2v) is 3.40. The quantitative estimate of drug-likeness (QED) is 0.346. The molecule has 1 heterocycles. The zero-order chi connectivity index (χ0) is 10.4. The number of hydrogen-bond donors (Lipinski definition) is 1. The van der Waals surface area contributed by atoms with Crippen molar-refractivity contribution in [2.45, 2.75) is 0 Å². The molecule has 14 heavy (non-hydrogen) atoms.